The summed E-state index contributed by atoms with van der Waals surface area (Å²) >= 11 is 12.5. The highest BCUT2D eigenvalue weighted by molar-refractivity contribution is 7.92. The number of likely N-dealkylation sites (N-methyl/N-ethyl adjacent to an activating group) is 1. The number of anilines is 1. The van der Waals surface area contributed by atoms with Crippen molar-refractivity contribution in [3.63, 3.8) is 0 Å². The van der Waals surface area contributed by atoms with Gasteiger partial charge in [0.1, 0.15) is 12.6 Å². The molecule has 0 fully saturated rings. The van der Waals surface area contributed by atoms with Crippen LogP contribution in [-0.2, 0) is 26.2 Å². The van der Waals surface area contributed by atoms with Gasteiger partial charge in [0.25, 0.3) is 10.0 Å². The van der Waals surface area contributed by atoms with Crippen molar-refractivity contribution in [2.75, 3.05) is 17.4 Å². The number of benzene rings is 3. The summed E-state index contributed by atoms with van der Waals surface area (Å²) in [6.45, 7) is 7.26. The van der Waals surface area contributed by atoms with Gasteiger partial charge >= 0.3 is 0 Å². The highest BCUT2D eigenvalue weighted by atomic mass is 35.5. The molecule has 0 aromatic heterocycles. The van der Waals surface area contributed by atoms with E-state index in [1.165, 1.54) is 17.0 Å². The first kappa shape index (κ1) is 30.5. The van der Waals surface area contributed by atoms with E-state index in [0.29, 0.717) is 34.3 Å². The third kappa shape index (κ3) is 7.32. The Morgan fingerprint density at radius 1 is 0.923 bits per heavy atom. The van der Waals surface area contributed by atoms with Gasteiger partial charge in [0.2, 0.25) is 11.8 Å². The number of nitrogens with zero attached hydrogens (tertiary/aromatic N) is 2. The van der Waals surface area contributed by atoms with Gasteiger partial charge < -0.3 is 10.2 Å². The largest absolute Gasteiger partial charge is 0.355 e. The third-order valence-electron chi connectivity index (χ3n) is 6.48. The van der Waals surface area contributed by atoms with Crippen LogP contribution in [0.15, 0.2) is 71.6 Å². The summed E-state index contributed by atoms with van der Waals surface area (Å²) in [5.74, 6) is -0.876. The van der Waals surface area contributed by atoms with E-state index in [0.717, 1.165) is 15.4 Å². The predicted octanol–water partition coefficient (Wildman–Crippen LogP) is 5.75. The number of amides is 2. The molecule has 10 heteroatoms. The summed E-state index contributed by atoms with van der Waals surface area (Å²) in [5.41, 5.74) is 2.81. The topological polar surface area (TPSA) is 86.8 Å². The van der Waals surface area contributed by atoms with E-state index in [4.69, 9.17) is 23.2 Å². The molecule has 0 heterocycles. The van der Waals surface area contributed by atoms with Crippen LogP contribution in [0.25, 0.3) is 0 Å². The van der Waals surface area contributed by atoms with Gasteiger partial charge in [-0.25, -0.2) is 8.42 Å². The highest BCUT2D eigenvalue weighted by Crippen LogP contribution is 2.28. The minimum Gasteiger partial charge on any atom is -0.355 e. The minimum atomic E-state index is -4.12. The van der Waals surface area contributed by atoms with E-state index in [1.807, 2.05) is 19.9 Å². The summed E-state index contributed by atoms with van der Waals surface area (Å²) in [4.78, 5) is 28.5. The van der Waals surface area contributed by atoms with Gasteiger partial charge in [0, 0.05) is 23.1 Å². The van der Waals surface area contributed by atoms with Crippen LogP contribution >= 0.6 is 23.2 Å². The molecule has 1 N–H and O–H groups in total. The lowest BCUT2D eigenvalue weighted by atomic mass is 10.1. The molecule has 0 bridgehead atoms. The maximum absolute atomic E-state index is 14.0. The zero-order chi connectivity index (χ0) is 28.7. The van der Waals surface area contributed by atoms with Crippen LogP contribution in [0.4, 0.5) is 5.69 Å². The van der Waals surface area contributed by atoms with Crippen molar-refractivity contribution in [2.45, 2.75) is 51.6 Å². The first-order valence-electron chi connectivity index (χ1n) is 12.7. The summed E-state index contributed by atoms with van der Waals surface area (Å²) in [7, 11) is -4.12. The fraction of sp³-hybridized carbons (Fsp3) is 0.310. The van der Waals surface area contributed by atoms with Gasteiger partial charge in [0.15, 0.2) is 0 Å². The number of carbonyl (C=O) groups is 2. The summed E-state index contributed by atoms with van der Waals surface area (Å²) in [5, 5.41) is 3.56. The number of halogens is 2. The Kier molecular flexibility index (Phi) is 10.4. The normalized spacial score (nSPS) is 12.1. The predicted molar refractivity (Wildman–Crippen MR) is 157 cm³/mol. The lowest BCUT2D eigenvalue weighted by Gasteiger charge is -2.33. The molecule has 3 aromatic rings. The summed E-state index contributed by atoms with van der Waals surface area (Å²) in [6.07, 6.45) is 0.317. The van der Waals surface area contributed by atoms with Crippen LogP contribution in [0.3, 0.4) is 0 Å². The molecule has 0 radical (unpaired) electrons. The van der Waals surface area contributed by atoms with Gasteiger partial charge in [-0.1, -0.05) is 60.5 Å². The summed E-state index contributed by atoms with van der Waals surface area (Å²) in [6, 6.07) is 17.3. The average molecular weight is 591 g/mol. The van der Waals surface area contributed by atoms with E-state index in [9.17, 15) is 18.0 Å². The van der Waals surface area contributed by atoms with Crippen molar-refractivity contribution in [1.29, 1.82) is 0 Å². The van der Waals surface area contributed by atoms with Crippen molar-refractivity contribution in [2.24, 2.45) is 0 Å². The maximum Gasteiger partial charge on any atom is 0.264 e. The molecule has 0 saturated heterocycles. The number of nitrogens with one attached hydrogen (secondary N) is 1. The second-order valence-corrected chi connectivity index (χ2v) is 11.9. The second-order valence-electron chi connectivity index (χ2n) is 9.17. The second kappa shape index (κ2) is 13.3. The van der Waals surface area contributed by atoms with E-state index in [1.54, 1.807) is 62.4 Å². The molecule has 0 aliphatic carbocycles. The lowest BCUT2D eigenvalue weighted by molar-refractivity contribution is -0.140. The third-order valence-corrected chi connectivity index (χ3v) is 8.86. The van der Waals surface area contributed by atoms with Crippen LogP contribution in [0, 0.1) is 13.8 Å². The number of aryl methyl sites for hydroxylation is 2. The average Bonchev–Trinajstić information content (AvgIpc) is 2.90. The van der Waals surface area contributed by atoms with Gasteiger partial charge in [-0.15, -0.1) is 0 Å². The highest BCUT2D eigenvalue weighted by Gasteiger charge is 2.33. The number of hydrogen-bond acceptors (Lipinski definition) is 4. The minimum absolute atomic E-state index is 0.00335. The molecular formula is C29H33Cl2N3O4S. The molecule has 3 aromatic carbocycles. The van der Waals surface area contributed by atoms with Crippen LogP contribution in [0.2, 0.25) is 10.0 Å². The molecule has 7 nitrogen and oxygen atoms in total. The zero-order valence-corrected chi connectivity index (χ0v) is 24.8. The Morgan fingerprint density at radius 3 is 2.21 bits per heavy atom. The smallest absolute Gasteiger partial charge is 0.264 e. The monoisotopic (exact) mass is 589 g/mol. The molecule has 3 rings (SSSR count). The lowest BCUT2D eigenvalue weighted by Crippen LogP contribution is -2.52. The molecule has 0 aliphatic rings. The molecule has 0 unspecified atom stereocenters. The Bertz CT molecular complexity index is 1430. The summed E-state index contributed by atoms with van der Waals surface area (Å²) < 4.78 is 28.8. The van der Waals surface area contributed by atoms with Gasteiger partial charge in [-0.2, -0.15) is 0 Å². The molecule has 2 amide bonds. The van der Waals surface area contributed by atoms with Crippen LogP contribution in [-0.4, -0.2) is 44.3 Å². The molecule has 208 valence electrons. The number of carbonyl (C=O) groups excluding carboxylic acids is 2. The Morgan fingerprint density at radius 2 is 1.62 bits per heavy atom. The van der Waals surface area contributed by atoms with E-state index in [2.05, 4.69) is 5.32 Å². The first-order chi connectivity index (χ1) is 18.5. The van der Waals surface area contributed by atoms with Crippen LogP contribution in [0.5, 0.6) is 0 Å². The molecular weight excluding hydrogens is 557 g/mol. The Balaban J connectivity index is 2.09. The molecule has 0 aliphatic heterocycles. The first-order valence-corrected chi connectivity index (χ1v) is 14.8. The van der Waals surface area contributed by atoms with Crippen molar-refractivity contribution < 1.29 is 18.0 Å². The number of hydrogen-bond donors (Lipinski definition) is 1. The molecule has 39 heavy (non-hydrogen) atoms. The van der Waals surface area contributed by atoms with E-state index >= 15 is 0 Å². The maximum atomic E-state index is 14.0. The number of sulfonamides is 1. The SMILES string of the molecule is CCNC(=O)[C@@H](CC)N(Cc1ccc(Cl)cc1Cl)C(=O)CN(c1ccc(C)c(C)c1)S(=O)(=O)c1ccccc1. The quantitative estimate of drug-likeness (QED) is 0.308. The Hall–Kier alpha value is -3.07. The van der Waals surface area contributed by atoms with E-state index in [-0.39, 0.29) is 17.3 Å². The van der Waals surface area contributed by atoms with Crippen molar-refractivity contribution in [3.05, 3.63) is 93.5 Å². The fourth-order valence-corrected chi connectivity index (χ4v) is 6.07. The standard InChI is InChI=1S/C29H33Cl2N3O4S/c1-5-27(29(36)32-6-2)33(18-22-13-14-23(30)17-26(22)31)28(35)19-34(24-15-12-20(3)21(4)16-24)39(37,38)25-10-8-7-9-11-25/h7-17,27H,5-6,18-19H2,1-4H3,(H,32,36)/t27-/m1/s1. The van der Waals surface area contributed by atoms with Crippen LogP contribution < -0.4 is 9.62 Å². The number of rotatable bonds is 11. The van der Waals surface area contributed by atoms with E-state index < -0.39 is 28.5 Å². The van der Waals surface area contributed by atoms with Crippen molar-refractivity contribution in [1.82, 2.24) is 10.2 Å². The van der Waals surface area contributed by atoms with Gasteiger partial charge in [0.05, 0.1) is 10.6 Å². The zero-order valence-electron chi connectivity index (χ0n) is 22.4. The molecule has 0 saturated carbocycles. The molecule has 1 atom stereocenters. The van der Waals surface area contributed by atoms with Crippen molar-refractivity contribution in [3.8, 4) is 0 Å². The Labute approximate surface area is 240 Å². The molecule has 0 spiro atoms. The van der Waals surface area contributed by atoms with Gasteiger partial charge in [-0.3, -0.25) is 13.9 Å². The van der Waals surface area contributed by atoms with Crippen molar-refractivity contribution >= 4 is 50.7 Å². The van der Waals surface area contributed by atoms with Crippen LogP contribution in [0.1, 0.15) is 37.0 Å². The van der Waals surface area contributed by atoms with Gasteiger partial charge in [-0.05, 0) is 80.3 Å². The fourth-order valence-electron chi connectivity index (χ4n) is 4.17.